The molecule has 1 saturated heterocycles. The molecule has 2 aliphatic heterocycles. The van der Waals surface area contributed by atoms with Crippen LogP contribution in [0.5, 0.6) is 0 Å². The van der Waals surface area contributed by atoms with Crippen LogP contribution in [0.15, 0.2) is 82.6 Å². The highest BCUT2D eigenvalue weighted by Gasteiger charge is 2.55. The fraction of sp³-hybridized carbons (Fsp3) is 0.214. The Morgan fingerprint density at radius 2 is 1.83 bits per heavy atom. The van der Waals surface area contributed by atoms with E-state index in [2.05, 4.69) is 25.5 Å². The number of carbonyl (C=O) groups is 3. The lowest BCUT2D eigenvalue weighted by Crippen LogP contribution is -2.70. The lowest BCUT2D eigenvalue weighted by molar-refractivity contribution is -0.154. The molecule has 1 unspecified atom stereocenters. The Labute approximate surface area is 248 Å². The third kappa shape index (κ3) is 5.31. The number of carbonyl (C=O) groups excluding carboxylic acids is 3. The van der Waals surface area contributed by atoms with Gasteiger partial charge in [0.15, 0.2) is 16.9 Å². The Hall–Kier alpha value is -4.40. The number of amides is 2. The zero-order valence-electron chi connectivity index (χ0n) is 22.2. The van der Waals surface area contributed by atoms with Gasteiger partial charge in [0.25, 0.3) is 5.91 Å². The van der Waals surface area contributed by atoms with Crippen molar-refractivity contribution in [3.63, 3.8) is 0 Å². The second kappa shape index (κ2) is 11.8. The summed E-state index contributed by atoms with van der Waals surface area (Å²) in [7, 11) is 1.40. The molecule has 0 bridgehead atoms. The van der Waals surface area contributed by atoms with Crippen LogP contribution >= 0.6 is 23.5 Å². The fourth-order valence-electron chi connectivity index (χ4n) is 4.74. The zero-order valence-corrected chi connectivity index (χ0v) is 23.9. The molecule has 1 fully saturated rings. The Morgan fingerprint density at radius 3 is 2.50 bits per heavy atom. The molecule has 2 amide bonds. The summed E-state index contributed by atoms with van der Waals surface area (Å²) in [4.78, 5) is 50.4. The number of aromatic amines is 1. The predicted octanol–water partition coefficient (Wildman–Crippen LogP) is 2.62. The minimum Gasteiger partial charge on any atom is -0.448 e. The number of thioether (sulfide) groups is 2. The van der Waals surface area contributed by atoms with Gasteiger partial charge in [-0.25, -0.2) is 14.8 Å². The van der Waals surface area contributed by atoms with Crippen LogP contribution in [0.4, 0.5) is 5.82 Å². The number of methoxy groups -OCH3 is 1. The number of hydrogen-bond acceptors (Lipinski definition) is 11. The van der Waals surface area contributed by atoms with Gasteiger partial charge in [-0.2, -0.15) is 5.10 Å². The van der Waals surface area contributed by atoms with E-state index in [1.165, 1.54) is 30.0 Å². The maximum atomic E-state index is 14.1. The molecule has 12 nitrogen and oxygen atoms in total. The zero-order chi connectivity index (χ0) is 29.2. The maximum Gasteiger partial charge on any atom is 0.356 e. The van der Waals surface area contributed by atoms with Crippen molar-refractivity contribution in [1.82, 2.24) is 30.4 Å². The van der Waals surface area contributed by atoms with Crippen molar-refractivity contribution in [3.8, 4) is 0 Å². The van der Waals surface area contributed by atoms with Gasteiger partial charge in [0.2, 0.25) is 5.91 Å². The molecule has 2 aromatic heterocycles. The third-order valence-corrected chi connectivity index (χ3v) is 9.09. The molecule has 214 valence electrons. The summed E-state index contributed by atoms with van der Waals surface area (Å²) in [6.07, 6.45) is 0.806. The van der Waals surface area contributed by atoms with Gasteiger partial charge < -0.3 is 20.5 Å². The number of nitrogen functional groups attached to an aromatic ring is 1. The SMILES string of the molecule is COCC(=O)NC1C(=O)N2C(C(=O)OC(c3ccccc3)c3ccccc3)=C(Sc3nc(N)c4cn[nH]c4n3)CS[C@H]12. The number of ether oxygens (including phenoxy) is 2. The molecule has 0 aliphatic carbocycles. The van der Waals surface area contributed by atoms with E-state index in [0.29, 0.717) is 21.7 Å². The largest absolute Gasteiger partial charge is 0.448 e. The number of fused-ring (bicyclic) bond motifs is 2. The van der Waals surface area contributed by atoms with E-state index in [4.69, 9.17) is 15.2 Å². The normalized spacial score (nSPS) is 18.1. The van der Waals surface area contributed by atoms with Crippen LogP contribution in [0, 0.1) is 0 Å². The van der Waals surface area contributed by atoms with Crippen LogP contribution in [-0.2, 0) is 23.9 Å². The highest BCUT2D eigenvalue weighted by atomic mass is 32.2. The molecule has 0 saturated carbocycles. The van der Waals surface area contributed by atoms with Crippen LogP contribution in [0.3, 0.4) is 0 Å². The number of hydrogen-bond donors (Lipinski definition) is 3. The highest BCUT2D eigenvalue weighted by Crippen LogP contribution is 2.45. The standard InChI is InChI=1S/C28H25N7O5S2/c1-39-13-19(36)31-20-25(37)35-21(27(38)40-22(15-8-4-2-5-9-15)16-10-6-3-7-11-16)18(14-41-26(20)35)42-28-32-23(29)17-12-30-34-24(17)33-28/h2-12,20,22,26H,13-14H2,1H3,(H,31,36)(H3,29,30,32,33,34)/t20?,26-/m1/s1. The number of anilines is 1. The van der Waals surface area contributed by atoms with Gasteiger partial charge in [0, 0.05) is 17.8 Å². The molecule has 0 radical (unpaired) electrons. The number of nitrogens with one attached hydrogen (secondary N) is 2. The monoisotopic (exact) mass is 603 g/mol. The minimum atomic E-state index is -0.806. The second-order valence-electron chi connectivity index (χ2n) is 9.39. The van der Waals surface area contributed by atoms with Gasteiger partial charge in [-0.15, -0.1) is 11.8 Å². The van der Waals surface area contributed by atoms with Crippen molar-refractivity contribution in [1.29, 1.82) is 0 Å². The quantitative estimate of drug-likeness (QED) is 0.146. The van der Waals surface area contributed by atoms with Gasteiger partial charge >= 0.3 is 5.97 Å². The van der Waals surface area contributed by atoms with E-state index in [1.807, 2.05) is 60.7 Å². The van der Waals surface area contributed by atoms with E-state index >= 15 is 0 Å². The number of nitrogens with two attached hydrogens (primary N) is 1. The Kier molecular flexibility index (Phi) is 7.82. The van der Waals surface area contributed by atoms with Gasteiger partial charge in [-0.3, -0.25) is 19.6 Å². The van der Waals surface area contributed by atoms with Crippen molar-refractivity contribution in [2.75, 3.05) is 25.2 Å². The molecule has 2 aliphatic rings. The van der Waals surface area contributed by atoms with Crippen molar-refractivity contribution in [3.05, 3.63) is 88.6 Å². The number of β-lactam (4-membered cyclic amide) rings is 1. The second-order valence-corrected chi connectivity index (χ2v) is 11.6. The molecule has 4 N–H and O–H groups in total. The number of rotatable bonds is 9. The summed E-state index contributed by atoms with van der Waals surface area (Å²) in [5.74, 6) is -0.967. The number of aromatic nitrogens is 4. The Balaban J connectivity index is 1.36. The third-order valence-electron chi connectivity index (χ3n) is 6.68. The number of benzene rings is 2. The molecule has 6 rings (SSSR count). The average molecular weight is 604 g/mol. The lowest BCUT2D eigenvalue weighted by Gasteiger charge is -2.49. The maximum absolute atomic E-state index is 14.1. The predicted molar refractivity (Wildman–Crippen MR) is 157 cm³/mol. The van der Waals surface area contributed by atoms with Crippen LogP contribution in [0.1, 0.15) is 17.2 Å². The van der Waals surface area contributed by atoms with E-state index in [0.717, 1.165) is 22.9 Å². The molecule has 4 aromatic rings. The topological polar surface area (TPSA) is 165 Å². The van der Waals surface area contributed by atoms with E-state index in [-0.39, 0.29) is 23.3 Å². The summed E-state index contributed by atoms with van der Waals surface area (Å²) in [6, 6.07) is 17.9. The first-order valence-electron chi connectivity index (χ1n) is 12.9. The van der Waals surface area contributed by atoms with E-state index in [1.54, 1.807) is 0 Å². The van der Waals surface area contributed by atoms with Crippen molar-refractivity contribution in [2.45, 2.75) is 22.7 Å². The fourth-order valence-corrected chi connectivity index (χ4v) is 7.16. The van der Waals surface area contributed by atoms with Gasteiger partial charge in [-0.1, -0.05) is 72.4 Å². The first-order chi connectivity index (χ1) is 20.4. The summed E-state index contributed by atoms with van der Waals surface area (Å²) in [6.45, 7) is -0.183. The van der Waals surface area contributed by atoms with Crippen molar-refractivity contribution >= 4 is 58.2 Å². The van der Waals surface area contributed by atoms with Gasteiger partial charge in [-0.05, 0) is 11.1 Å². The smallest absolute Gasteiger partial charge is 0.356 e. The summed E-state index contributed by atoms with van der Waals surface area (Å²) in [5, 5.41) is 9.80. The molecular weight excluding hydrogens is 578 g/mol. The molecular formula is C28H25N7O5S2. The Morgan fingerprint density at radius 1 is 1.14 bits per heavy atom. The van der Waals surface area contributed by atoms with Crippen LogP contribution < -0.4 is 11.1 Å². The first-order valence-corrected chi connectivity index (χ1v) is 14.7. The highest BCUT2D eigenvalue weighted by molar-refractivity contribution is 8.06. The molecule has 0 spiro atoms. The van der Waals surface area contributed by atoms with E-state index < -0.39 is 35.3 Å². The average Bonchev–Trinajstić information content (AvgIpc) is 3.49. The van der Waals surface area contributed by atoms with Gasteiger partial charge in [0.05, 0.1) is 11.6 Å². The number of H-pyrrole nitrogens is 1. The molecule has 4 heterocycles. The van der Waals surface area contributed by atoms with Crippen molar-refractivity contribution in [2.24, 2.45) is 0 Å². The van der Waals surface area contributed by atoms with Crippen LogP contribution in [0.25, 0.3) is 11.0 Å². The minimum absolute atomic E-state index is 0.0785. The van der Waals surface area contributed by atoms with Gasteiger partial charge in [0.1, 0.15) is 29.5 Å². The molecule has 2 aromatic carbocycles. The number of nitrogens with zero attached hydrogens (tertiary/aromatic N) is 4. The van der Waals surface area contributed by atoms with Crippen molar-refractivity contribution < 1.29 is 23.9 Å². The first kappa shape index (κ1) is 27.8. The Bertz CT molecular complexity index is 1640. The molecule has 14 heteroatoms. The summed E-state index contributed by atoms with van der Waals surface area (Å²) in [5.41, 5.74) is 8.19. The van der Waals surface area contributed by atoms with Crippen LogP contribution in [0.2, 0.25) is 0 Å². The molecule has 2 atom stereocenters. The lowest BCUT2D eigenvalue weighted by atomic mass is 10.0. The number of esters is 1. The summed E-state index contributed by atoms with van der Waals surface area (Å²) >= 11 is 2.53. The van der Waals surface area contributed by atoms with Crippen LogP contribution in [-0.4, -0.2) is 73.7 Å². The van der Waals surface area contributed by atoms with E-state index in [9.17, 15) is 14.4 Å². The summed E-state index contributed by atoms with van der Waals surface area (Å²) < 4.78 is 11.1. The molecule has 42 heavy (non-hydrogen) atoms.